The first-order valence-electron chi connectivity index (χ1n) is 10.6. The Morgan fingerprint density at radius 3 is 2.70 bits per heavy atom. The standard InChI is InChI=1S/C22H32N4O3S/c1-2-17-5-3-6-19(15-17)26-22(24-13-12-20-7-4-14-29-20)25-16-18-8-10-21(11-9-18)30(23,27)28/h4,7-11,14,17,19H,2-3,5-6,12-13,15-16H2,1H3,(H2,23,27,28)(H2,24,25,26). The Morgan fingerprint density at radius 2 is 2.03 bits per heavy atom. The first kappa shape index (κ1) is 22.4. The molecule has 2 atom stereocenters. The highest BCUT2D eigenvalue weighted by molar-refractivity contribution is 7.89. The minimum Gasteiger partial charge on any atom is -0.469 e. The van der Waals surface area contributed by atoms with Gasteiger partial charge in [-0.15, -0.1) is 0 Å². The number of aliphatic imine (C=N–C) groups is 1. The predicted molar refractivity (Wildman–Crippen MR) is 119 cm³/mol. The van der Waals surface area contributed by atoms with Crippen molar-refractivity contribution in [2.24, 2.45) is 16.0 Å². The number of nitrogens with zero attached hydrogens (tertiary/aromatic N) is 1. The van der Waals surface area contributed by atoms with Crippen molar-refractivity contribution in [3.63, 3.8) is 0 Å². The van der Waals surface area contributed by atoms with Crippen LogP contribution in [0.1, 0.15) is 50.4 Å². The van der Waals surface area contributed by atoms with Gasteiger partial charge in [0, 0.05) is 19.0 Å². The first-order valence-corrected chi connectivity index (χ1v) is 12.2. The Hall–Kier alpha value is -2.32. The maximum atomic E-state index is 11.4. The molecule has 0 aliphatic heterocycles. The lowest BCUT2D eigenvalue weighted by molar-refractivity contribution is 0.298. The largest absolute Gasteiger partial charge is 0.469 e. The van der Waals surface area contributed by atoms with Gasteiger partial charge in [-0.2, -0.15) is 0 Å². The van der Waals surface area contributed by atoms with Crippen molar-refractivity contribution in [2.75, 3.05) is 6.54 Å². The molecule has 0 radical (unpaired) electrons. The Labute approximate surface area is 179 Å². The molecule has 1 aromatic carbocycles. The SMILES string of the molecule is CCC1CCCC(NC(=NCc2ccc(S(N)(=O)=O)cc2)NCCc2ccco2)C1. The lowest BCUT2D eigenvalue weighted by Crippen LogP contribution is -2.45. The van der Waals surface area contributed by atoms with Crippen LogP contribution in [0.15, 0.2) is 57.0 Å². The third-order valence-electron chi connectivity index (χ3n) is 5.62. The Balaban J connectivity index is 1.63. The smallest absolute Gasteiger partial charge is 0.238 e. The molecule has 1 heterocycles. The maximum absolute atomic E-state index is 11.4. The minimum atomic E-state index is -3.68. The molecule has 2 unspecified atom stereocenters. The molecule has 7 nitrogen and oxygen atoms in total. The number of furan rings is 1. The number of sulfonamides is 1. The van der Waals surface area contributed by atoms with E-state index >= 15 is 0 Å². The molecule has 1 saturated carbocycles. The van der Waals surface area contributed by atoms with Gasteiger partial charge in [0.05, 0.1) is 17.7 Å². The van der Waals surface area contributed by atoms with Crippen LogP contribution in [0.25, 0.3) is 0 Å². The van der Waals surface area contributed by atoms with Crippen LogP contribution in [0, 0.1) is 5.92 Å². The molecule has 0 bridgehead atoms. The number of benzene rings is 1. The molecule has 30 heavy (non-hydrogen) atoms. The van der Waals surface area contributed by atoms with Crippen molar-refractivity contribution < 1.29 is 12.8 Å². The van der Waals surface area contributed by atoms with E-state index in [4.69, 9.17) is 14.5 Å². The van der Waals surface area contributed by atoms with E-state index in [1.54, 1.807) is 18.4 Å². The van der Waals surface area contributed by atoms with Crippen LogP contribution in [0.3, 0.4) is 0 Å². The van der Waals surface area contributed by atoms with Crippen LogP contribution >= 0.6 is 0 Å². The van der Waals surface area contributed by atoms with Crippen molar-refractivity contribution in [1.29, 1.82) is 0 Å². The zero-order valence-electron chi connectivity index (χ0n) is 17.5. The molecule has 1 aromatic heterocycles. The van der Waals surface area contributed by atoms with Gasteiger partial charge in [-0.25, -0.2) is 18.5 Å². The summed E-state index contributed by atoms with van der Waals surface area (Å²) in [5.74, 6) is 2.48. The van der Waals surface area contributed by atoms with Crippen molar-refractivity contribution in [1.82, 2.24) is 10.6 Å². The minimum absolute atomic E-state index is 0.109. The van der Waals surface area contributed by atoms with E-state index in [1.807, 2.05) is 12.1 Å². The van der Waals surface area contributed by atoms with Crippen molar-refractivity contribution in [3.05, 3.63) is 54.0 Å². The summed E-state index contributed by atoms with van der Waals surface area (Å²) >= 11 is 0. The van der Waals surface area contributed by atoms with Gasteiger partial charge in [-0.05, 0) is 48.6 Å². The van der Waals surface area contributed by atoms with Gasteiger partial charge < -0.3 is 15.1 Å². The lowest BCUT2D eigenvalue weighted by Gasteiger charge is -2.30. The number of hydrogen-bond donors (Lipinski definition) is 3. The quantitative estimate of drug-likeness (QED) is 0.438. The van der Waals surface area contributed by atoms with Gasteiger partial charge in [0.15, 0.2) is 5.96 Å². The summed E-state index contributed by atoms with van der Waals surface area (Å²) in [4.78, 5) is 4.84. The first-order chi connectivity index (χ1) is 14.4. The van der Waals surface area contributed by atoms with Gasteiger partial charge in [0.25, 0.3) is 0 Å². The molecule has 8 heteroatoms. The normalized spacial score (nSPS) is 20.1. The second-order valence-electron chi connectivity index (χ2n) is 7.89. The van der Waals surface area contributed by atoms with Crippen LogP contribution < -0.4 is 15.8 Å². The van der Waals surface area contributed by atoms with E-state index in [1.165, 1.54) is 37.8 Å². The van der Waals surface area contributed by atoms with Crippen molar-refractivity contribution in [2.45, 2.75) is 62.9 Å². The van der Waals surface area contributed by atoms with Crippen molar-refractivity contribution in [3.8, 4) is 0 Å². The zero-order valence-corrected chi connectivity index (χ0v) is 18.3. The summed E-state index contributed by atoms with van der Waals surface area (Å²) in [6.07, 6.45) is 8.54. The fourth-order valence-corrected chi connectivity index (χ4v) is 4.37. The van der Waals surface area contributed by atoms with Gasteiger partial charge >= 0.3 is 0 Å². The van der Waals surface area contributed by atoms with Crippen LogP contribution in [0.2, 0.25) is 0 Å². The molecule has 1 aliphatic carbocycles. The fraction of sp³-hybridized carbons (Fsp3) is 0.500. The molecule has 0 amide bonds. The molecule has 4 N–H and O–H groups in total. The molecule has 1 aliphatic rings. The van der Waals surface area contributed by atoms with E-state index in [-0.39, 0.29) is 4.90 Å². The Morgan fingerprint density at radius 1 is 1.23 bits per heavy atom. The molecular formula is C22H32N4O3S. The second-order valence-corrected chi connectivity index (χ2v) is 9.45. The molecule has 0 saturated heterocycles. The number of nitrogens with two attached hydrogens (primary N) is 1. The van der Waals surface area contributed by atoms with Gasteiger partial charge in [-0.1, -0.05) is 38.3 Å². The molecule has 164 valence electrons. The molecule has 3 rings (SSSR count). The molecule has 0 spiro atoms. The fourth-order valence-electron chi connectivity index (χ4n) is 3.85. The van der Waals surface area contributed by atoms with Gasteiger partial charge in [0.1, 0.15) is 5.76 Å². The number of primary sulfonamides is 1. The monoisotopic (exact) mass is 432 g/mol. The lowest BCUT2D eigenvalue weighted by atomic mass is 9.84. The van der Waals surface area contributed by atoms with E-state index < -0.39 is 10.0 Å². The highest BCUT2D eigenvalue weighted by Crippen LogP contribution is 2.26. The molecular weight excluding hydrogens is 400 g/mol. The summed E-state index contributed by atoms with van der Waals surface area (Å²) in [7, 11) is -3.68. The van der Waals surface area contributed by atoms with E-state index in [9.17, 15) is 8.42 Å². The van der Waals surface area contributed by atoms with E-state index in [0.717, 1.165) is 36.0 Å². The average molecular weight is 433 g/mol. The second kappa shape index (κ2) is 10.6. The number of guanidine groups is 1. The zero-order chi connectivity index (χ0) is 21.4. The van der Waals surface area contributed by atoms with Crippen LogP contribution in [-0.2, 0) is 23.0 Å². The summed E-state index contributed by atoms with van der Waals surface area (Å²) < 4.78 is 28.2. The summed E-state index contributed by atoms with van der Waals surface area (Å²) in [5.41, 5.74) is 0.921. The summed E-state index contributed by atoms with van der Waals surface area (Å²) in [5, 5.41) is 12.2. The van der Waals surface area contributed by atoms with Gasteiger partial charge in [0.2, 0.25) is 10.0 Å². The topological polar surface area (TPSA) is 110 Å². The third kappa shape index (κ3) is 6.88. The maximum Gasteiger partial charge on any atom is 0.238 e. The highest BCUT2D eigenvalue weighted by atomic mass is 32.2. The number of rotatable bonds is 8. The summed E-state index contributed by atoms with van der Waals surface area (Å²) in [6, 6.07) is 10.8. The molecule has 2 aromatic rings. The van der Waals surface area contributed by atoms with E-state index in [0.29, 0.717) is 19.1 Å². The van der Waals surface area contributed by atoms with Crippen LogP contribution in [0.4, 0.5) is 0 Å². The van der Waals surface area contributed by atoms with E-state index in [2.05, 4.69) is 17.6 Å². The Bertz CT molecular complexity index is 908. The molecule has 1 fully saturated rings. The average Bonchev–Trinajstić information content (AvgIpc) is 3.25. The van der Waals surface area contributed by atoms with Gasteiger partial charge in [-0.3, -0.25) is 0 Å². The summed E-state index contributed by atoms with van der Waals surface area (Å²) in [6.45, 7) is 3.42. The number of nitrogens with one attached hydrogen (secondary N) is 2. The van der Waals surface area contributed by atoms with Crippen LogP contribution in [-0.4, -0.2) is 27.0 Å². The van der Waals surface area contributed by atoms with Crippen LogP contribution in [0.5, 0.6) is 0 Å². The highest BCUT2D eigenvalue weighted by Gasteiger charge is 2.21. The Kier molecular flexibility index (Phi) is 7.93. The number of hydrogen-bond acceptors (Lipinski definition) is 4. The third-order valence-corrected chi connectivity index (χ3v) is 6.55. The predicted octanol–water partition coefficient (Wildman–Crippen LogP) is 3.17. The van der Waals surface area contributed by atoms with Crippen molar-refractivity contribution >= 4 is 16.0 Å².